The first-order valence-electron chi connectivity index (χ1n) is 7.61. The van der Waals surface area contributed by atoms with Crippen molar-refractivity contribution in [2.75, 3.05) is 0 Å². The summed E-state index contributed by atoms with van der Waals surface area (Å²) in [5.41, 5.74) is 4.84. The van der Waals surface area contributed by atoms with Crippen LogP contribution in [-0.4, -0.2) is 29.2 Å². The summed E-state index contributed by atoms with van der Waals surface area (Å²) in [4.78, 5) is 23.2. The Hall–Kier alpha value is -1.10. The van der Waals surface area contributed by atoms with Gasteiger partial charge in [-0.3, -0.25) is 9.59 Å². The number of rotatable bonds is 7. The third kappa shape index (κ3) is 12.4. The van der Waals surface area contributed by atoms with Gasteiger partial charge in [0.05, 0.1) is 0 Å². The summed E-state index contributed by atoms with van der Waals surface area (Å²) in [6.45, 7) is 11.0. The Morgan fingerprint density at radius 2 is 1.43 bits per heavy atom. The van der Waals surface area contributed by atoms with Gasteiger partial charge in [0.2, 0.25) is 0 Å². The molecule has 0 fully saturated rings. The van der Waals surface area contributed by atoms with Crippen molar-refractivity contribution in [3.8, 4) is 0 Å². The van der Waals surface area contributed by atoms with Crippen molar-refractivity contribution >= 4 is 11.9 Å². The number of ether oxygens (including phenoxy) is 2. The first-order chi connectivity index (χ1) is 9.41. The molecule has 0 rings (SSSR count). The van der Waals surface area contributed by atoms with E-state index in [1.165, 1.54) is 0 Å². The fourth-order valence-electron chi connectivity index (χ4n) is 1.70. The summed E-state index contributed by atoms with van der Waals surface area (Å²) in [6, 6.07) is -0.592. The molecule has 1 atom stereocenters. The highest BCUT2D eigenvalue weighted by Crippen LogP contribution is 2.13. The van der Waals surface area contributed by atoms with E-state index >= 15 is 0 Å². The summed E-state index contributed by atoms with van der Waals surface area (Å²) in [5.74, 6) is -0.548. The predicted octanol–water partition coefficient (Wildman–Crippen LogP) is 2.95. The molecule has 0 aliphatic heterocycles. The van der Waals surface area contributed by atoms with Crippen LogP contribution in [0.2, 0.25) is 0 Å². The lowest BCUT2D eigenvalue weighted by Crippen LogP contribution is -2.37. The van der Waals surface area contributed by atoms with Gasteiger partial charge in [-0.05, 0) is 54.4 Å². The molecule has 0 radical (unpaired) electrons. The Bertz CT molecular complexity index is 339. The molecule has 0 aliphatic carbocycles. The van der Waals surface area contributed by atoms with Crippen LogP contribution in [0.4, 0.5) is 0 Å². The second-order valence-corrected chi connectivity index (χ2v) is 7.33. The van der Waals surface area contributed by atoms with E-state index in [1.807, 2.05) is 41.5 Å². The van der Waals surface area contributed by atoms with Crippen molar-refractivity contribution < 1.29 is 19.1 Å². The Balaban J connectivity index is 3.76. The largest absolute Gasteiger partial charge is 0.460 e. The Kier molecular flexibility index (Phi) is 7.93. The molecule has 0 aliphatic rings. The van der Waals surface area contributed by atoms with Gasteiger partial charge < -0.3 is 15.2 Å². The van der Waals surface area contributed by atoms with Crippen molar-refractivity contribution in [2.24, 2.45) is 5.73 Å². The molecular weight excluding hydrogens is 270 g/mol. The van der Waals surface area contributed by atoms with Gasteiger partial charge in [-0.2, -0.15) is 0 Å². The maximum atomic E-state index is 11.7. The van der Waals surface area contributed by atoms with Crippen LogP contribution >= 0.6 is 0 Å². The molecule has 0 unspecified atom stereocenters. The molecule has 0 amide bonds. The predicted molar refractivity (Wildman–Crippen MR) is 82.8 cm³/mol. The Morgan fingerprint density at radius 3 is 1.90 bits per heavy atom. The van der Waals surface area contributed by atoms with Gasteiger partial charge >= 0.3 is 11.9 Å². The topological polar surface area (TPSA) is 78.6 Å². The van der Waals surface area contributed by atoms with Crippen LogP contribution in [0.3, 0.4) is 0 Å². The Morgan fingerprint density at radius 1 is 0.905 bits per heavy atom. The zero-order valence-corrected chi connectivity index (χ0v) is 14.3. The average molecular weight is 301 g/mol. The van der Waals surface area contributed by atoms with Crippen molar-refractivity contribution in [2.45, 2.75) is 90.9 Å². The third-order valence-corrected chi connectivity index (χ3v) is 2.53. The molecule has 124 valence electrons. The summed E-state index contributed by atoms with van der Waals surface area (Å²) >= 11 is 0. The monoisotopic (exact) mass is 301 g/mol. The fourth-order valence-corrected chi connectivity index (χ4v) is 1.70. The molecule has 0 saturated carbocycles. The summed E-state index contributed by atoms with van der Waals surface area (Å²) in [7, 11) is 0. The zero-order valence-electron chi connectivity index (χ0n) is 14.3. The van der Waals surface area contributed by atoms with E-state index in [4.69, 9.17) is 15.2 Å². The average Bonchev–Trinajstić information content (AvgIpc) is 2.23. The molecule has 2 N–H and O–H groups in total. The van der Waals surface area contributed by atoms with Gasteiger partial charge in [0.15, 0.2) is 0 Å². The molecule has 0 saturated heterocycles. The molecule has 0 bridgehead atoms. The lowest BCUT2D eigenvalue weighted by atomic mass is 10.1. The molecule has 0 spiro atoms. The maximum Gasteiger partial charge on any atom is 0.323 e. The lowest BCUT2D eigenvalue weighted by molar-refractivity contribution is -0.157. The number of nitrogens with two attached hydrogens (primary N) is 1. The van der Waals surface area contributed by atoms with Crippen LogP contribution in [0, 0.1) is 0 Å². The molecule has 5 heteroatoms. The second kappa shape index (κ2) is 8.37. The molecule has 0 aromatic rings. The molecule has 5 nitrogen and oxygen atoms in total. The quantitative estimate of drug-likeness (QED) is 0.578. The number of hydrogen-bond donors (Lipinski definition) is 1. The summed E-state index contributed by atoms with van der Waals surface area (Å²) in [5, 5.41) is 0. The van der Waals surface area contributed by atoms with Crippen LogP contribution in [0.25, 0.3) is 0 Å². The van der Waals surface area contributed by atoms with Gasteiger partial charge in [0.25, 0.3) is 0 Å². The van der Waals surface area contributed by atoms with Gasteiger partial charge in [0.1, 0.15) is 17.2 Å². The zero-order chi connectivity index (χ0) is 16.7. The highest BCUT2D eigenvalue weighted by molar-refractivity contribution is 5.75. The van der Waals surface area contributed by atoms with Crippen LogP contribution in [0.15, 0.2) is 0 Å². The number of esters is 2. The van der Waals surface area contributed by atoms with E-state index < -0.39 is 17.2 Å². The molecule has 21 heavy (non-hydrogen) atoms. The van der Waals surface area contributed by atoms with Crippen molar-refractivity contribution in [3.63, 3.8) is 0 Å². The molecule has 0 aromatic carbocycles. The smallest absolute Gasteiger partial charge is 0.323 e. The second-order valence-electron chi connectivity index (χ2n) is 7.33. The van der Waals surface area contributed by atoms with E-state index in [1.54, 1.807) is 0 Å². The highest BCUT2D eigenvalue weighted by atomic mass is 16.6. The van der Waals surface area contributed by atoms with E-state index in [-0.39, 0.29) is 11.9 Å². The fraction of sp³-hybridized carbons (Fsp3) is 0.875. The molecular formula is C16H31NO4. The van der Waals surface area contributed by atoms with Crippen molar-refractivity contribution in [3.05, 3.63) is 0 Å². The van der Waals surface area contributed by atoms with E-state index in [9.17, 15) is 9.59 Å². The van der Waals surface area contributed by atoms with Gasteiger partial charge in [0, 0.05) is 6.42 Å². The highest BCUT2D eigenvalue weighted by Gasteiger charge is 2.21. The third-order valence-electron chi connectivity index (χ3n) is 2.53. The normalized spacial score (nSPS) is 13.7. The van der Waals surface area contributed by atoms with E-state index in [0.29, 0.717) is 12.8 Å². The van der Waals surface area contributed by atoms with E-state index in [0.717, 1.165) is 19.3 Å². The van der Waals surface area contributed by atoms with Crippen LogP contribution in [-0.2, 0) is 19.1 Å². The summed E-state index contributed by atoms with van der Waals surface area (Å²) in [6.07, 6.45) is 3.36. The van der Waals surface area contributed by atoms with Gasteiger partial charge in [-0.25, -0.2) is 0 Å². The minimum atomic E-state index is -0.592. The van der Waals surface area contributed by atoms with Crippen LogP contribution in [0.1, 0.15) is 73.6 Å². The van der Waals surface area contributed by atoms with Crippen molar-refractivity contribution in [1.29, 1.82) is 0 Å². The number of unbranched alkanes of at least 4 members (excludes halogenated alkanes) is 2. The maximum absolute atomic E-state index is 11.7. The SMILES string of the molecule is CC(C)(C)OC(=O)CCCCC[C@H](N)C(=O)OC(C)(C)C. The van der Waals surface area contributed by atoms with Crippen LogP contribution < -0.4 is 5.73 Å². The minimum absolute atomic E-state index is 0.182. The van der Waals surface area contributed by atoms with E-state index in [2.05, 4.69) is 0 Å². The van der Waals surface area contributed by atoms with Crippen LogP contribution in [0.5, 0.6) is 0 Å². The minimum Gasteiger partial charge on any atom is -0.460 e. The lowest BCUT2D eigenvalue weighted by Gasteiger charge is -2.22. The Labute approximate surface area is 128 Å². The number of hydrogen-bond acceptors (Lipinski definition) is 5. The van der Waals surface area contributed by atoms with Crippen molar-refractivity contribution in [1.82, 2.24) is 0 Å². The first-order valence-corrected chi connectivity index (χ1v) is 7.61. The molecule has 0 heterocycles. The number of carbonyl (C=O) groups is 2. The number of carbonyl (C=O) groups excluding carboxylic acids is 2. The van der Waals surface area contributed by atoms with Gasteiger partial charge in [-0.15, -0.1) is 0 Å². The first kappa shape index (κ1) is 19.9. The summed E-state index contributed by atoms with van der Waals surface area (Å²) < 4.78 is 10.4. The standard InChI is InChI=1S/C16H31NO4/c1-15(2,3)20-13(18)11-9-7-8-10-12(17)14(19)21-16(4,5)6/h12H,7-11,17H2,1-6H3/t12-/m0/s1. The molecule has 0 aromatic heterocycles. The van der Waals surface area contributed by atoms with Gasteiger partial charge in [-0.1, -0.05) is 12.8 Å².